The van der Waals surface area contributed by atoms with Crippen LogP contribution in [0.2, 0.25) is 0 Å². The molecule has 0 aliphatic carbocycles. The van der Waals surface area contributed by atoms with E-state index in [1.54, 1.807) is 48.5 Å². The first kappa shape index (κ1) is 56.0. The molecule has 0 radical (unpaired) electrons. The third-order valence-electron chi connectivity index (χ3n) is 9.58. The van der Waals surface area contributed by atoms with Gasteiger partial charge in [-0.25, -0.2) is 0 Å². The molecule has 2 atom stereocenters. The summed E-state index contributed by atoms with van der Waals surface area (Å²) in [6.45, 7) is 10.6. The van der Waals surface area contributed by atoms with Crippen LogP contribution in [0.1, 0.15) is 128 Å². The van der Waals surface area contributed by atoms with Gasteiger partial charge in [0.1, 0.15) is 34.8 Å². The highest BCUT2D eigenvalue weighted by Gasteiger charge is 2.29. The Balaban J connectivity index is 0.000000633. The monoisotopic (exact) mass is 894 g/mol. The molecule has 14 heteroatoms. The minimum atomic E-state index is -0.495. The molecule has 4 aromatic rings. The Labute approximate surface area is 385 Å². The van der Waals surface area contributed by atoms with Crippen molar-refractivity contribution < 1.29 is 28.8 Å². The van der Waals surface area contributed by atoms with E-state index in [4.69, 9.17) is 18.9 Å². The van der Waals surface area contributed by atoms with Crippen molar-refractivity contribution in [1.29, 1.82) is 0 Å². The smallest absolute Gasteiger partial charge is 0.307 e. The second kappa shape index (κ2) is 31.7. The van der Waals surface area contributed by atoms with Crippen LogP contribution in [-0.4, -0.2) is 36.3 Å². The lowest BCUT2D eigenvalue weighted by Crippen LogP contribution is -2.16. The lowest BCUT2D eigenvalue weighted by Gasteiger charge is -2.23. The topological polar surface area (TPSA) is 178 Å². The van der Waals surface area contributed by atoms with Crippen LogP contribution in [0.15, 0.2) is 109 Å². The largest absolute Gasteiger partial charge is 0.498 e. The van der Waals surface area contributed by atoms with Gasteiger partial charge in [-0.05, 0) is 134 Å². The maximum absolute atomic E-state index is 10.7. The van der Waals surface area contributed by atoms with E-state index < -0.39 is 9.85 Å². The summed E-state index contributed by atoms with van der Waals surface area (Å²) in [7, 11) is 0. The van der Waals surface area contributed by atoms with Crippen LogP contribution in [-0.2, 0) is 0 Å². The first-order chi connectivity index (χ1) is 30.4. The molecular formula is C51H66N4O10. The quantitative estimate of drug-likeness (QED) is 0.0373. The van der Waals surface area contributed by atoms with Gasteiger partial charge in [0, 0.05) is 22.2 Å². The van der Waals surface area contributed by atoms with E-state index >= 15 is 0 Å². The molecular weight excluding hydrogens is 829 g/mol. The van der Waals surface area contributed by atoms with Crippen LogP contribution in [0.4, 0.5) is 0 Å². The predicted octanol–water partition coefficient (Wildman–Crippen LogP) is 14.1. The van der Waals surface area contributed by atoms with Crippen molar-refractivity contribution in [3.63, 3.8) is 0 Å². The lowest BCUT2D eigenvalue weighted by atomic mass is 9.77. The van der Waals surface area contributed by atoms with Crippen molar-refractivity contribution in [2.45, 2.75) is 106 Å². The molecule has 0 saturated carbocycles. The number of nitrogens with zero attached hydrogens (tertiary/aromatic N) is 4. The van der Waals surface area contributed by atoms with Gasteiger partial charge < -0.3 is 29.4 Å². The second-order valence-corrected chi connectivity index (χ2v) is 15.7. The van der Waals surface area contributed by atoms with Crippen molar-refractivity contribution in [3.8, 4) is 35.1 Å². The average Bonchev–Trinajstić information content (AvgIpc) is 3.27. The molecule has 0 aromatic heterocycles. The number of benzene rings is 4. The van der Waals surface area contributed by atoms with Gasteiger partial charge >= 0.3 is 12.1 Å². The highest BCUT2D eigenvalue weighted by molar-refractivity contribution is 5.50. The SMILES string of the molecule is C.C.CC(C#[N+][O-])c1ccc(OCCCCCCOc2ccc(C(C#[N+][O-])C(C)(C)C)cc2)cc1.O=[N+]([O-])/C=C/c1ccc(OCCCCCCOc2ccc(/C=C/[N+](=O)[O-])cc2)cc1. The van der Waals surface area contributed by atoms with Crippen LogP contribution in [0.5, 0.6) is 23.0 Å². The summed E-state index contributed by atoms with van der Waals surface area (Å²) in [6.07, 6.45) is 12.7. The van der Waals surface area contributed by atoms with E-state index in [-0.39, 0.29) is 32.1 Å². The van der Waals surface area contributed by atoms with Crippen molar-refractivity contribution in [1.82, 2.24) is 0 Å². The van der Waals surface area contributed by atoms with E-state index in [9.17, 15) is 30.6 Å². The third-order valence-corrected chi connectivity index (χ3v) is 9.58. The minimum Gasteiger partial charge on any atom is -0.498 e. The summed E-state index contributed by atoms with van der Waals surface area (Å²) in [5.41, 5.74) is 3.37. The van der Waals surface area contributed by atoms with Gasteiger partial charge in [-0.2, -0.15) is 0 Å². The molecule has 0 aliphatic rings. The molecule has 0 spiro atoms. The standard InChI is InChI=1S/C27H34N2O4.C22H24N2O6.2CH4/c1-21(19-28-30)22-9-13-24(14-10-22)32-17-7-5-6-8-18-33-25-15-11-23(12-16-25)26(20-29-31)27(2,3)4;25-23(26)15-13-19-5-9-21(10-6-19)29-17-3-1-2-4-18-30-22-11-7-20(8-12-22)14-16-24(27)28;;/h9-16,21,26H,5-8,17-18H2,1-4H3;5-16H,1-4,17-18H2;2*1H4/b;15-13+,16-14+;;. The molecule has 0 saturated heterocycles. The summed E-state index contributed by atoms with van der Waals surface area (Å²) in [6, 6.07) is 34.9. The van der Waals surface area contributed by atoms with E-state index in [0.29, 0.717) is 26.4 Å². The van der Waals surface area contributed by atoms with Crippen LogP contribution in [0.3, 0.4) is 0 Å². The Morgan fingerprint density at radius 3 is 1.12 bits per heavy atom. The maximum Gasteiger partial charge on any atom is 0.307 e. The van der Waals surface area contributed by atoms with Gasteiger partial charge in [0.05, 0.1) is 36.3 Å². The van der Waals surface area contributed by atoms with E-state index in [1.165, 1.54) is 12.2 Å². The number of rotatable bonds is 24. The highest BCUT2D eigenvalue weighted by Crippen LogP contribution is 2.35. The van der Waals surface area contributed by atoms with Gasteiger partial charge in [-0.1, -0.05) is 84.2 Å². The average molecular weight is 895 g/mol. The molecule has 4 aromatic carbocycles. The first-order valence-corrected chi connectivity index (χ1v) is 21.1. The fourth-order valence-electron chi connectivity index (χ4n) is 6.10. The Hall–Kier alpha value is -7.06. The highest BCUT2D eigenvalue weighted by atomic mass is 16.6. The zero-order chi connectivity index (χ0) is 45.7. The fourth-order valence-corrected chi connectivity index (χ4v) is 6.10. The molecule has 0 heterocycles. The first-order valence-electron chi connectivity index (χ1n) is 21.1. The Morgan fingerprint density at radius 2 is 0.831 bits per heavy atom. The van der Waals surface area contributed by atoms with Crippen molar-refractivity contribution in [2.75, 3.05) is 26.4 Å². The molecule has 14 nitrogen and oxygen atoms in total. The van der Waals surface area contributed by atoms with Crippen molar-refractivity contribution >= 4 is 12.2 Å². The maximum atomic E-state index is 10.7. The molecule has 0 fully saturated rings. The molecule has 0 amide bonds. The molecule has 0 bridgehead atoms. The minimum absolute atomic E-state index is 0. The van der Waals surface area contributed by atoms with Crippen LogP contribution < -0.4 is 18.9 Å². The van der Waals surface area contributed by atoms with Gasteiger partial charge in [0.25, 0.3) is 0 Å². The Morgan fingerprint density at radius 1 is 0.523 bits per heavy atom. The summed E-state index contributed by atoms with van der Waals surface area (Å²) in [4.78, 5) is 19.6. The van der Waals surface area contributed by atoms with Gasteiger partial charge in [0.2, 0.25) is 12.4 Å². The van der Waals surface area contributed by atoms with E-state index in [2.05, 4.69) is 42.9 Å². The van der Waals surface area contributed by atoms with E-state index in [0.717, 1.165) is 109 Å². The van der Waals surface area contributed by atoms with Gasteiger partial charge in [0.15, 0.2) is 0 Å². The zero-order valence-electron chi connectivity index (χ0n) is 36.6. The molecule has 4 rings (SSSR count). The Bertz CT molecular complexity index is 2060. The zero-order valence-corrected chi connectivity index (χ0v) is 36.6. The van der Waals surface area contributed by atoms with Crippen molar-refractivity contribution in [2.24, 2.45) is 5.41 Å². The number of hydrogen-bond acceptors (Lipinski definition) is 10. The van der Waals surface area contributed by atoms with Crippen LogP contribution in [0, 0.1) is 48.2 Å². The molecule has 350 valence electrons. The van der Waals surface area contributed by atoms with E-state index in [1.807, 2.05) is 55.5 Å². The number of hydrogen-bond donors (Lipinski definition) is 0. The van der Waals surface area contributed by atoms with Gasteiger partial charge in [-0.3, -0.25) is 20.2 Å². The molecule has 2 unspecified atom stereocenters. The molecule has 65 heavy (non-hydrogen) atoms. The predicted molar refractivity (Wildman–Crippen MR) is 262 cm³/mol. The summed E-state index contributed by atoms with van der Waals surface area (Å²) in [5, 5.41) is 47.1. The van der Waals surface area contributed by atoms with Crippen LogP contribution in [0.25, 0.3) is 22.2 Å². The summed E-state index contributed by atoms with van der Waals surface area (Å²) in [5.74, 6) is 2.87. The fraction of sp³-hybridized carbons (Fsp3) is 0.412. The molecule has 0 aliphatic heterocycles. The van der Waals surface area contributed by atoms with Crippen molar-refractivity contribution in [3.05, 3.63) is 172 Å². The number of ether oxygens (including phenoxy) is 4. The lowest BCUT2D eigenvalue weighted by molar-refractivity contribution is -0.401. The van der Waals surface area contributed by atoms with Crippen LogP contribution >= 0.6 is 0 Å². The molecule has 0 N–H and O–H groups in total. The number of nitro groups is 2. The third kappa shape index (κ3) is 23.8. The summed E-state index contributed by atoms with van der Waals surface area (Å²) >= 11 is 0. The van der Waals surface area contributed by atoms with Gasteiger partial charge in [-0.15, -0.1) is 0 Å². The number of unbranched alkanes of at least 4 members (excludes halogenated alkanes) is 6. The second-order valence-electron chi connectivity index (χ2n) is 15.7. The Kier molecular flexibility index (Phi) is 27.3. The summed E-state index contributed by atoms with van der Waals surface area (Å²) < 4.78 is 23.0. The normalized spacial score (nSPS) is 11.4.